The molecule has 1 aromatic heterocycles. The first-order valence-electron chi connectivity index (χ1n) is 8.70. The van der Waals surface area contributed by atoms with Crippen LogP contribution in [0.1, 0.15) is 5.56 Å². The zero-order valence-electron chi connectivity index (χ0n) is 15.1. The van der Waals surface area contributed by atoms with Crippen LogP contribution < -0.4 is 4.74 Å². The lowest BCUT2D eigenvalue weighted by atomic mass is 10.1. The minimum atomic E-state index is -0.775. The standard InChI is InChI=1S/C20H20N4O4/c1-2-5-15-6-3-4-7-19(15)28-13-18(25)12-23-14-21-20(22-23)16-8-10-17(11-9-16)24(26)27/h2-4,6-11,14,18,25H,1,5,12-13H2. The first kappa shape index (κ1) is 19.2. The smallest absolute Gasteiger partial charge is 0.269 e. The molecule has 0 saturated heterocycles. The Morgan fingerprint density at radius 1 is 1.25 bits per heavy atom. The van der Waals surface area contributed by atoms with Gasteiger partial charge >= 0.3 is 0 Å². The Labute approximate surface area is 161 Å². The summed E-state index contributed by atoms with van der Waals surface area (Å²) in [6.45, 7) is 4.06. The molecule has 2 aromatic carbocycles. The molecule has 0 spiro atoms. The minimum absolute atomic E-state index is 0.00693. The van der Waals surface area contributed by atoms with Gasteiger partial charge in [-0.3, -0.25) is 10.1 Å². The van der Waals surface area contributed by atoms with Crippen LogP contribution in [-0.4, -0.2) is 37.5 Å². The summed E-state index contributed by atoms with van der Waals surface area (Å²) in [6, 6.07) is 13.6. The lowest BCUT2D eigenvalue weighted by molar-refractivity contribution is -0.384. The predicted molar refractivity (Wildman–Crippen MR) is 104 cm³/mol. The number of nitro benzene ring substituents is 1. The van der Waals surface area contributed by atoms with Gasteiger partial charge in [-0.05, 0) is 30.2 Å². The van der Waals surface area contributed by atoms with E-state index in [4.69, 9.17) is 4.74 Å². The quantitative estimate of drug-likeness (QED) is 0.348. The first-order chi connectivity index (χ1) is 13.6. The van der Waals surface area contributed by atoms with E-state index in [9.17, 15) is 15.2 Å². The van der Waals surface area contributed by atoms with Crippen molar-refractivity contribution in [3.8, 4) is 17.1 Å². The number of aliphatic hydroxyl groups is 1. The van der Waals surface area contributed by atoms with Crippen molar-refractivity contribution in [2.24, 2.45) is 0 Å². The van der Waals surface area contributed by atoms with Crippen molar-refractivity contribution in [2.75, 3.05) is 6.61 Å². The van der Waals surface area contributed by atoms with E-state index in [-0.39, 0.29) is 18.8 Å². The fraction of sp³-hybridized carbons (Fsp3) is 0.200. The van der Waals surface area contributed by atoms with Gasteiger partial charge in [0.15, 0.2) is 5.82 Å². The van der Waals surface area contributed by atoms with Crippen molar-refractivity contribution < 1.29 is 14.8 Å². The van der Waals surface area contributed by atoms with Crippen molar-refractivity contribution >= 4 is 5.69 Å². The molecule has 8 nitrogen and oxygen atoms in total. The number of aliphatic hydroxyl groups excluding tert-OH is 1. The summed E-state index contributed by atoms with van der Waals surface area (Å²) < 4.78 is 7.24. The Morgan fingerprint density at radius 2 is 2.00 bits per heavy atom. The molecule has 3 rings (SSSR count). The van der Waals surface area contributed by atoms with Gasteiger partial charge in [-0.2, -0.15) is 5.10 Å². The van der Waals surface area contributed by atoms with E-state index < -0.39 is 11.0 Å². The molecule has 3 aromatic rings. The van der Waals surface area contributed by atoms with Crippen molar-refractivity contribution in [3.63, 3.8) is 0 Å². The van der Waals surface area contributed by atoms with E-state index in [1.807, 2.05) is 24.3 Å². The monoisotopic (exact) mass is 380 g/mol. The second-order valence-corrected chi connectivity index (χ2v) is 6.16. The molecule has 1 unspecified atom stereocenters. The number of benzene rings is 2. The van der Waals surface area contributed by atoms with Crippen LogP contribution >= 0.6 is 0 Å². The third-order valence-electron chi connectivity index (χ3n) is 4.04. The molecule has 0 saturated carbocycles. The summed E-state index contributed by atoms with van der Waals surface area (Å²) in [6.07, 6.45) is 3.22. The molecule has 0 amide bonds. The summed E-state index contributed by atoms with van der Waals surface area (Å²) in [5.74, 6) is 1.14. The lowest BCUT2D eigenvalue weighted by Crippen LogP contribution is -2.24. The number of allylic oxidation sites excluding steroid dienone is 1. The number of ether oxygens (including phenoxy) is 1. The van der Waals surface area contributed by atoms with E-state index in [0.29, 0.717) is 23.6 Å². The second-order valence-electron chi connectivity index (χ2n) is 6.16. The van der Waals surface area contributed by atoms with E-state index >= 15 is 0 Å². The third-order valence-corrected chi connectivity index (χ3v) is 4.04. The Hall–Kier alpha value is -3.52. The Kier molecular flexibility index (Phi) is 6.13. The van der Waals surface area contributed by atoms with Gasteiger partial charge in [0.25, 0.3) is 5.69 Å². The van der Waals surface area contributed by atoms with E-state index in [1.54, 1.807) is 18.2 Å². The maximum absolute atomic E-state index is 10.7. The zero-order chi connectivity index (χ0) is 19.9. The van der Waals surface area contributed by atoms with Crippen molar-refractivity contribution in [1.29, 1.82) is 0 Å². The van der Waals surface area contributed by atoms with E-state index in [0.717, 1.165) is 5.56 Å². The molecule has 0 aliphatic heterocycles. The van der Waals surface area contributed by atoms with Gasteiger partial charge in [-0.25, -0.2) is 9.67 Å². The highest BCUT2D eigenvalue weighted by molar-refractivity contribution is 5.56. The van der Waals surface area contributed by atoms with Crippen LogP contribution in [0.3, 0.4) is 0 Å². The van der Waals surface area contributed by atoms with Crippen molar-refractivity contribution in [1.82, 2.24) is 14.8 Å². The Morgan fingerprint density at radius 3 is 2.71 bits per heavy atom. The van der Waals surface area contributed by atoms with E-state index in [1.165, 1.54) is 23.1 Å². The van der Waals surface area contributed by atoms with Gasteiger partial charge in [0, 0.05) is 17.7 Å². The van der Waals surface area contributed by atoms with Crippen LogP contribution in [0.2, 0.25) is 0 Å². The molecule has 28 heavy (non-hydrogen) atoms. The van der Waals surface area contributed by atoms with Crippen LogP contribution in [-0.2, 0) is 13.0 Å². The number of non-ortho nitro benzene ring substituents is 1. The Balaban J connectivity index is 1.59. The van der Waals surface area contributed by atoms with Gasteiger partial charge in [-0.1, -0.05) is 24.3 Å². The minimum Gasteiger partial charge on any atom is -0.491 e. The number of aromatic nitrogens is 3. The molecule has 0 radical (unpaired) electrons. The molecule has 0 aliphatic rings. The number of hydrogen-bond donors (Lipinski definition) is 1. The average molecular weight is 380 g/mol. The van der Waals surface area contributed by atoms with Gasteiger partial charge in [0.05, 0.1) is 11.5 Å². The number of nitrogens with zero attached hydrogens (tertiary/aromatic N) is 4. The van der Waals surface area contributed by atoms with Gasteiger partial charge in [-0.15, -0.1) is 6.58 Å². The second kappa shape index (κ2) is 8.92. The van der Waals surface area contributed by atoms with Crippen LogP contribution in [0.15, 0.2) is 67.5 Å². The predicted octanol–water partition coefficient (Wildman–Crippen LogP) is 3.02. The van der Waals surface area contributed by atoms with Crippen molar-refractivity contribution in [3.05, 3.63) is 83.2 Å². The highest BCUT2D eigenvalue weighted by Crippen LogP contribution is 2.20. The maximum Gasteiger partial charge on any atom is 0.269 e. The largest absolute Gasteiger partial charge is 0.491 e. The summed E-state index contributed by atoms with van der Waals surface area (Å²) in [7, 11) is 0. The molecular formula is C20H20N4O4. The summed E-state index contributed by atoms with van der Waals surface area (Å²) >= 11 is 0. The molecule has 1 N–H and O–H groups in total. The lowest BCUT2D eigenvalue weighted by Gasteiger charge is -2.14. The molecule has 0 aliphatic carbocycles. The molecule has 1 heterocycles. The molecule has 144 valence electrons. The SMILES string of the molecule is C=CCc1ccccc1OCC(O)Cn1cnc(-c2ccc([N+](=O)[O-])cc2)n1. The van der Waals surface area contributed by atoms with Crippen LogP contribution in [0.5, 0.6) is 5.75 Å². The third kappa shape index (κ3) is 4.80. The van der Waals surface area contributed by atoms with Crippen LogP contribution in [0, 0.1) is 10.1 Å². The van der Waals surface area contributed by atoms with Gasteiger partial charge in [0.2, 0.25) is 0 Å². The Bertz CT molecular complexity index is 953. The number of para-hydroxylation sites is 1. The van der Waals surface area contributed by atoms with Crippen LogP contribution in [0.4, 0.5) is 5.69 Å². The highest BCUT2D eigenvalue weighted by atomic mass is 16.6. The zero-order valence-corrected chi connectivity index (χ0v) is 15.1. The summed E-state index contributed by atoms with van der Waals surface area (Å²) in [5, 5.41) is 25.3. The topological polar surface area (TPSA) is 103 Å². The highest BCUT2D eigenvalue weighted by Gasteiger charge is 2.12. The molecule has 0 fully saturated rings. The van der Waals surface area contributed by atoms with Gasteiger partial charge in [0.1, 0.15) is 24.8 Å². The molecule has 8 heteroatoms. The number of nitro groups is 1. The maximum atomic E-state index is 10.7. The average Bonchev–Trinajstić information content (AvgIpc) is 3.16. The van der Waals surface area contributed by atoms with Crippen LogP contribution in [0.25, 0.3) is 11.4 Å². The van der Waals surface area contributed by atoms with E-state index in [2.05, 4.69) is 16.7 Å². The van der Waals surface area contributed by atoms with Gasteiger partial charge < -0.3 is 9.84 Å². The number of rotatable bonds is 9. The molecule has 1 atom stereocenters. The molecular weight excluding hydrogens is 360 g/mol. The molecule has 0 bridgehead atoms. The normalized spacial score (nSPS) is 11.8. The summed E-state index contributed by atoms with van der Waals surface area (Å²) in [4.78, 5) is 14.5. The summed E-state index contributed by atoms with van der Waals surface area (Å²) in [5.41, 5.74) is 1.67. The fourth-order valence-electron chi connectivity index (χ4n) is 2.67. The number of hydrogen-bond acceptors (Lipinski definition) is 6. The fourth-order valence-corrected chi connectivity index (χ4v) is 2.67. The first-order valence-corrected chi connectivity index (χ1v) is 8.70. The van der Waals surface area contributed by atoms with Crippen molar-refractivity contribution in [2.45, 2.75) is 19.1 Å².